The summed E-state index contributed by atoms with van der Waals surface area (Å²) >= 11 is 0. The monoisotopic (exact) mass is 344 g/mol. The number of rotatable bonds is 5. The van der Waals surface area contributed by atoms with Crippen LogP contribution in [0.2, 0.25) is 0 Å². The average Bonchev–Trinajstić information content (AvgIpc) is 3.16. The second-order valence-corrected chi connectivity index (χ2v) is 9.13. The van der Waals surface area contributed by atoms with Gasteiger partial charge < -0.3 is 9.47 Å². The molecule has 0 radical (unpaired) electrons. The van der Waals surface area contributed by atoms with E-state index < -0.39 is 0 Å². The van der Waals surface area contributed by atoms with E-state index in [-0.39, 0.29) is 5.41 Å². The summed E-state index contributed by atoms with van der Waals surface area (Å²) in [6.45, 7) is 7.23. The van der Waals surface area contributed by atoms with E-state index in [1.807, 2.05) is 6.33 Å². The molecule has 2 aliphatic carbocycles. The Balaban J connectivity index is 1.59. The van der Waals surface area contributed by atoms with Crippen molar-refractivity contribution in [2.24, 2.45) is 17.3 Å². The Morgan fingerprint density at radius 2 is 2.04 bits per heavy atom. The highest BCUT2D eigenvalue weighted by Crippen LogP contribution is 2.52. The van der Waals surface area contributed by atoms with Crippen LogP contribution in [0.5, 0.6) is 0 Å². The first-order valence-corrected chi connectivity index (χ1v) is 10.2. The van der Waals surface area contributed by atoms with Crippen molar-refractivity contribution in [2.75, 3.05) is 13.1 Å². The minimum atomic E-state index is 0.235. The summed E-state index contributed by atoms with van der Waals surface area (Å²) < 4.78 is 2.25. The molecule has 1 spiro atoms. The van der Waals surface area contributed by atoms with Crippen molar-refractivity contribution < 1.29 is 4.79 Å². The van der Waals surface area contributed by atoms with E-state index in [0.29, 0.717) is 23.7 Å². The minimum absolute atomic E-state index is 0.235. The molecule has 1 unspecified atom stereocenters. The van der Waals surface area contributed by atoms with Crippen LogP contribution in [0.3, 0.4) is 0 Å². The molecule has 3 aliphatic rings. The number of nitrogens with zero attached hydrogens (tertiary/aromatic N) is 4. The van der Waals surface area contributed by atoms with Gasteiger partial charge >= 0.3 is 0 Å². The van der Waals surface area contributed by atoms with Crippen molar-refractivity contribution in [1.29, 1.82) is 0 Å². The Morgan fingerprint density at radius 1 is 1.28 bits per heavy atom. The molecule has 2 heterocycles. The minimum Gasteiger partial charge on any atom is -0.341 e. The molecule has 25 heavy (non-hydrogen) atoms. The number of carbonyl (C=O) groups excluding carboxylic acids is 1. The van der Waals surface area contributed by atoms with E-state index in [9.17, 15) is 4.79 Å². The fourth-order valence-electron chi connectivity index (χ4n) is 5.04. The molecule has 1 saturated heterocycles. The lowest BCUT2D eigenvalue weighted by atomic mass is 9.67. The smallest absolute Gasteiger partial charge is 0.222 e. The third-order valence-electron chi connectivity index (χ3n) is 6.53. The van der Waals surface area contributed by atoms with E-state index >= 15 is 0 Å². The molecule has 1 aromatic heterocycles. The van der Waals surface area contributed by atoms with E-state index in [4.69, 9.17) is 0 Å². The first-order chi connectivity index (χ1) is 12.1. The normalized spacial score (nSPS) is 25.9. The van der Waals surface area contributed by atoms with Gasteiger partial charge in [-0.1, -0.05) is 33.1 Å². The van der Waals surface area contributed by atoms with Crippen LogP contribution in [-0.2, 0) is 11.3 Å². The largest absolute Gasteiger partial charge is 0.341 e. The quantitative estimate of drug-likeness (QED) is 0.820. The predicted molar refractivity (Wildman–Crippen MR) is 97.0 cm³/mol. The Labute approximate surface area is 151 Å². The van der Waals surface area contributed by atoms with E-state index in [1.165, 1.54) is 44.9 Å². The molecule has 5 nitrogen and oxygen atoms in total. The predicted octanol–water partition coefficient (Wildman–Crippen LogP) is 3.61. The number of aromatic nitrogens is 3. The second-order valence-electron chi connectivity index (χ2n) is 9.13. The maximum absolute atomic E-state index is 12.8. The lowest BCUT2D eigenvalue weighted by molar-refractivity contribution is -0.131. The molecule has 4 rings (SSSR count). The molecule has 0 bridgehead atoms. The van der Waals surface area contributed by atoms with Crippen molar-refractivity contribution >= 4 is 5.91 Å². The fourth-order valence-corrected chi connectivity index (χ4v) is 5.04. The molecular formula is C20H32N4O. The Morgan fingerprint density at radius 3 is 2.72 bits per heavy atom. The second kappa shape index (κ2) is 6.73. The Bertz CT molecular complexity index is 613. The van der Waals surface area contributed by atoms with Crippen LogP contribution in [0.25, 0.3) is 0 Å². The van der Waals surface area contributed by atoms with Gasteiger partial charge in [0.15, 0.2) is 0 Å². The van der Waals surface area contributed by atoms with Gasteiger partial charge in [-0.15, -0.1) is 10.2 Å². The zero-order chi connectivity index (χ0) is 17.4. The van der Waals surface area contributed by atoms with Gasteiger partial charge in [0.05, 0.1) is 0 Å². The van der Waals surface area contributed by atoms with Gasteiger partial charge in [-0.25, -0.2) is 0 Å². The summed E-state index contributed by atoms with van der Waals surface area (Å²) in [5, 5.41) is 8.78. The van der Waals surface area contributed by atoms with Crippen molar-refractivity contribution in [1.82, 2.24) is 19.7 Å². The van der Waals surface area contributed by atoms with E-state index in [2.05, 4.69) is 33.5 Å². The molecular weight excluding hydrogens is 312 g/mol. The standard InChI is InChI=1S/C20H32N4O/c1-15(2)11-24-14-21-22-19(24)17-12-23(18(25)10-16-6-7-16)13-20(17)8-4-3-5-9-20/h14-17H,3-13H2,1-2H3. The molecule has 5 heteroatoms. The Kier molecular flexibility index (Phi) is 4.59. The van der Waals surface area contributed by atoms with Crippen LogP contribution in [0, 0.1) is 17.3 Å². The first kappa shape index (κ1) is 17.0. The van der Waals surface area contributed by atoms with Crippen molar-refractivity contribution in [3.63, 3.8) is 0 Å². The third-order valence-corrected chi connectivity index (χ3v) is 6.53. The lowest BCUT2D eigenvalue weighted by Gasteiger charge is -2.37. The van der Waals surface area contributed by atoms with Gasteiger partial charge in [0.25, 0.3) is 0 Å². The molecule has 2 saturated carbocycles. The fraction of sp³-hybridized carbons (Fsp3) is 0.850. The molecule has 1 aromatic rings. The van der Waals surface area contributed by atoms with Gasteiger partial charge in [0, 0.05) is 32.0 Å². The molecule has 138 valence electrons. The summed E-state index contributed by atoms with van der Waals surface area (Å²) in [6, 6.07) is 0. The molecule has 1 aliphatic heterocycles. The molecule has 0 aromatic carbocycles. The topological polar surface area (TPSA) is 51.0 Å². The van der Waals surface area contributed by atoms with Gasteiger partial charge in [-0.2, -0.15) is 0 Å². The average molecular weight is 345 g/mol. The summed E-state index contributed by atoms with van der Waals surface area (Å²) in [5.74, 6) is 3.10. The zero-order valence-corrected chi connectivity index (χ0v) is 15.8. The van der Waals surface area contributed by atoms with Gasteiger partial charge in [0.2, 0.25) is 5.91 Å². The zero-order valence-electron chi connectivity index (χ0n) is 15.8. The highest BCUT2D eigenvalue weighted by Gasteiger charge is 2.50. The summed E-state index contributed by atoms with van der Waals surface area (Å²) in [6.07, 6.45) is 11.5. The first-order valence-electron chi connectivity index (χ1n) is 10.2. The number of hydrogen-bond donors (Lipinski definition) is 0. The lowest BCUT2D eigenvalue weighted by Crippen LogP contribution is -2.34. The van der Waals surface area contributed by atoms with Crippen LogP contribution >= 0.6 is 0 Å². The van der Waals surface area contributed by atoms with Crippen LogP contribution in [0.15, 0.2) is 6.33 Å². The molecule has 1 amide bonds. The van der Waals surface area contributed by atoms with Crippen molar-refractivity contribution in [3.05, 3.63) is 12.2 Å². The summed E-state index contributed by atoms with van der Waals surface area (Å²) in [4.78, 5) is 15.0. The van der Waals surface area contributed by atoms with Crippen LogP contribution < -0.4 is 0 Å². The number of hydrogen-bond acceptors (Lipinski definition) is 3. The van der Waals surface area contributed by atoms with Gasteiger partial charge in [0.1, 0.15) is 12.2 Å². The van der Waals surface area contributed by atoms with E-state index in [0.717, 1.165) is 31.9 Å². The maximum Gasteiger partial charge on any atom is 0.222 e. The highest BCUT2D eigenvalue weighted by atomic mass is 16.2. The SMILES string of the molecule is CC(C)Cn1cnnc1C1CN(C(=O)CC2CC2)CC12CCCCC2. The maximum atomic E-state index is 12.8. The Hall–Kier alpha value is -1.39. The van der Waals surface area contributed by atoms with Crippen molar-refractivity contribution in [2.45, 2.75) is 77.7 Å². The number of carbonyl (C=O) groups is 1. The van der Waals surface area contributed by atoms with Gasteiger partial charge in [-0.3, -0.25) is 4.79 Å². The number of likely N-dealkylation sites (tertiary alicyclic amines) is 1. The summed E-state index contributed by atoms with van der Waals surface area (Å²) in [5.41, 5.74) is 0.235. The van der Waals surface area contributed by atoms with Gasteiger partial charge in [-0.05, 0) is 42.9 Å². The molecule has 0 N–H and O–H groups in total. The van der Waals surface area contributed by atoms with E-state index in [1.54, 1.807) is 0 Å². The van der Waals surface area contributed by atoms with Crippen molar-refractivity contribution in [3.8, 4) is 0 Å². The number of amides is 1. The van der Waals surface area contributed by atoms with Crippen LogP contribution in [0.1, 0.15) is 77.0 Å². The third kappa shape index (κ3) is 3.47. The highest BCUT2D eigenvalue weighted by molar-refractivity contribution is 5.77. The molecule has 3 fully saturated rings. The molecule has 1 atom stereocenters. The summed E-state index contributed by atoms with van der Waals surface area (Å²) in [7, 11) is 0. The van der Waals surface area contributed by atoms with Crippen LogP contribution in [-0.4, -0.2) is 38.7 Å². The van der Waals surface area contributed by atoms with Crippen LogP contribution in [0.4, 0.5) is 0 Å².